The average Bonchev–Trinajstić information content (AvgIpc) is 2.82. The first-order valence-corrected chi connectivity index (χ1v) is 8.63. The minimum absolute atomic E-state index is 0.172. The molecule has 0 amide bonds. The Kier molecular flexibility index (Phi) is 4.41. The van der Waals surface area contributed by atoms with Crippen molar-refractivity contribution >= 4 is 28.6 Å². The van der Waals surface area contributed by atoms with E-state index in [9.17, 15) is 0 Å². The lowest BCUT2D eigenvalue weighted by Crippen LogP contribution is -2.17. The number of anilines is 1. The van der Waals surface area contributed by atoms with Crippen molar-refractivity contribution in [3.8, 4) is 5.75 Å². The highest BCUT2D eigenvalue weighted by Gasteiger charge is 2.23. The molecule has 0 saturated heterocycles. The summed E-state index contributed by atoms with van der Waals surface area (Å²) < 4.78 is 6.78. The molecule has 1 aromatic heterocycles. The van der Waals surface area contributed by atoms with Crippen LogP contribution in [0.25, 0.3) is 0 Å². The topological polar surface area (TPSA) is 21.3 Å². The van der Waals surface area contributed by atoms with Gasteiger partial charge in [0, 0.05) is 4.88 Å². The van der Waals surface area contributed by atoms with Crippen LogP contribution < -0.4 is 10.1 Å². The maximum absolute atomic E-state index is 6.19. The Morgan fingerprint density at radius 2 is 2.14 bits per heavy atom. The van der Waals surface area contributed by atoms with Gasteiger partial charge < -0.3 is 10.1 Å². The summed E-state index contributed by atoms with van der Waals surface area (Å²) in [4.78, 5) is 1.42. The van der Waals surface area contributed by atoms with Crippen LogP contribution in [0.15, 0.2) is 30.3 Å². The van der Waals surface area contributed by atoms with Crippen molar-refractivity contribution in [3.05, 3.63) is 45.1 Å². The third-order valence-corrected chi connectivity index (χ3v) is 5.00. The van der Waals surface area contributed by atoms with Crippen LogP contribution in [0.2, 0.25) is 4.34 Å². The molecular formula is C17H20ClNOS. The summed E-state index contributed by atoms with van der Waals surface area (Å²) in [6.45, 7) is 4.10. The van der Waals surface area contributed by atoms with Gasteiger partial charge in [0.2, 0.25) is 0 Å². The zero-order chi connectivity index (χ0) is 14.8. The van der Waals surface area contributed by atoms with Gasteiger partial charge >= 0.3 is 0 Å². The molecule has 0 bridgehead atoms. The number of hydrogen-bond donors (Lipinski definition) is 1. The van der Waals surface area contributed by atoms with Crippen LogP contribution in [-0.2, 0) is 6.42 Å². The van der Waals surface area contributed by atoms with Crippen molar-refractivity contribution in [3.63, 3.8) is 0 Å². The second-order valence-electron chi connectivity index (χ2n) is 5.68. The molecule has 1 aromatic carbocycles. The van der Waals surface area contributed by atoms with Crippen molar-refractivity contribution in [1.29, 1.82) is 0 Å². The number of rotatable bonds is 4. The molecule has 1 atom stereocenters. The molecule has 4 heteroatoms. The SMILES string of the molecule is CC(C)Oc1ccccc1NC1CCCc2sc(Cl)cc21. The summed E-state index contributed by atoms with van der Waals surface area (Å²) in [5.74, 6) is 0.918. The van der Waals surface area contributed by atoms with Crippen LogP contribution >= 0.6 is 22.9 Å². The van der Waals surface area contributed by atoms with Gasteiger partial charge in [0.1, 0.15) is 5.75 Å². The molecule has 3 rings (SSSR count). The van der Waals surface area contributed by atoms with Gasteiger partial charge in [-0.25, -0.2) is 0 Å². The van der Waals surface area contributed by atoms with Crippen molar-refractivity contribution in [2.24, 2.45) is 0 Å². The summed E-state index contributed by atoms with van der Waals surface area (Å²) >= 11 is 7.90. The van der Waals surface area contributed by atoms with Gasteiger partial charge in [-0.15, -0.1) is 11.3 Å². The average molecular weight is 322 g/mol. The van der Waals surface area contributed by atoms with E-state index in [1.807, 2.05) is 32.0 Å². The van der Waals surface area contributed by atoms with E-state index >= 15 is 0 Å². The Bertz CT molecular complexity index is 623. The van der Waals surface area contributed by atoms with Gasteiger partial charge in [-0.3, -0.25) is 0 Å². The van der Waals surface area contributed by atoms with E-state index in [1.54, 1.807) is 11.3 Å². The molecular weight excluding hydrogens is 302 g/mol. The van der Waals surface area contributed by atoms with Crippen molar-refractivity contribution < 1.29 is 4.74 Å². The van der Waals surface area contributed by atoms with Gasteiger partial charge in [0.05, 0.1) is 22.2 Å². The number of para-hydroxylation sites is 2. The smallest absolute Gasteiger partial charge is 0.142 e. The van der Waals surface area contributed by atoms with Crippen LogP contribution in [0.1, 0.15) is 43.2 Å². The van der Waals surface area contributed by atoms with Crippen LogP contribution in [0.5, 0.6) is 5.75 Å². The van der Waals surface area contributed by atoms with Crippen LogP contribution in [0.4, 0.5) is 5.69 Å². The van der Waals surface area contributed by atoms with Crippen molar-refractivity contribution in [2.45, 2.75) is 45.3 Å². The zero-order valence-corrected chi connectivity index (χ0v) is 13.9. The lowest BCUT2D eigenvalue weighted by Gasteiger charge is -2.26. The molecule has 0 spiro atoms. The monoisotopic (exact) mass is 321 g/mol. The van der Waals surface area contributed by atoms with E-state index in [0.29, 0.717) is 6.04 Å². The van der Waals surface area contributed by atoms with E-state index in [1.165, 1.54) is 16.9 Å². The third-order valence-electron chi connectivity index (χ3n) is 3.66. The Morgan fingerprint density at radius 3 is 2.95 bits per heavy atom. The zero-order valence-electron chi connectivity index (χ0n) is 12.4. The Labute approximate surface area is 135 Å². The molecule has 1 heterocycles. The Morgan fingerprint density at radius 1 is 1.33 bits per heavy atom. The van der Waals surface area contributed by atoms with Gasteiger partial charge in [-0.05, 0) is 56.9 Å². The van der Waals surface area contributed by atoms with Crippen LogP contribution in [-0.4, -0.2) is 6.10 Å². The fraction of sp³-hybridized carbons (Fsp3) is 0.412. The number of thiophene rings is 1. The van der Waals surface area contributed by atoms with Crippen molar-refractivity contribution in [2.75, 3.05) is 5.32 Å². The molecule has 2 nitrogen and oxygen atoms in total. The standard InChI is InChI=1S/C17H20ClNOS/c1-11(2)20-15-8-4-3-6-14(15)19-13-7-5-9-16-12(13)10-17(18)21-16/h3-4,6,8,10-11,13,19H,5,7,9H2,1-2H3. The molecule has 21 heavy (non-hydrogen) atoms. The fourth-order valence-corrected chi connectivity index (χ4v) is 4.19. The molecule has 112 valence electrons. The quantitative estimate of drug-likeness (QED) is 0.782. The first kappa shape index (κ1) is 14.7. The largest absolute Gasteiger partial charge is 0.489 e. The second kappa shape index (κ2) is 6.29. The first-order valence-electron chi connectivity index (χ1n) is 7.44. The lowest BCUT2D eigenvalue weighted by molar-refractivity contribution is 0.243. The van der Waals surface area contributed by atoms with Gasteiger partial charge in [0.15, 0.2) is 0 Å². The third kappa shape index (κ3) is 3.35. The van der Waals surface area contributed by atoms with Gasteiger partial charge in [-0.2, -0.15) is 0 Å². The minimum atomic E-state index is 0.172. The van der Waals surface area contributed by atoms with Crippen LogP contribution in [0, 0.1) is 0 Å². The summed E-state index contributed by atoms with van der Waals surface area (Å²) in [6, 6.07) is 10.6. The number of nitrogens with one attached hydrogen (secondary N) is 1. The highest BCUT2D eigenvalue weighted by atomic mass is 35.5. The summed E-state index contributed by atoms with van der Waals surface area (Å²) in [7, 11) is 0. The molecule has 1 aliphatic rings. The molecule has 2 aromatic rings. The number of ether oxygens (including phenoxy) is 1. The van der Waals surface area contributed by atoms with E-state index in [0.717, 1.165) is 28.6 Å². The molecule has 0 saturated carbocycles. The van der Waals surface area contributed by atoms with E-state index in [2.05, 4.69) is 17.4 Å². The number of halogens is 1. The maximum Gasteiger partial charge on any atom is 0.142 e. The molecule has 1 unspecified atom stereocenters. The Balaban J connectivity index is 1.84. The predicted octanol–water partition coefficient (Wildman–Crippen LogP) is 5.68. The number of hydrogen-bond acceptors (Lipinski definition) is 3. The number of aryl methyl sites for hydroxylation is 1. The summed E-state index contributed by atoms with van der Waals surface area (Å²) in [6.07, 6.45) is 3.66. The van der Waals surface area contributed by atoms with E-state index in [-0.39, 0.29) is 6.10 Å². The van der Waals surface area contributed by atoms with Crippen molar-refractivity contribution in [1.82, 2.24) is 0 Å². The van der Waals surface area contributed by atoms with Gasteiger partial charge in [0.25, 0.3) is 0 Å². The molecule has 1 N–H and O–H groups in total. The molecule has 0 radical (unpaired) electrons. The first-order chi connectivity index (χ1) is 10.1. The number of benzene rings is 1. The molecule has 0 fully saturated rings. The normalized spacial score (nSPS) is 17.6. The highest BCUT2D eigenvalue weighted by Crippen LogP contribution is 2.40. The highest BCUT2D eigenvalue weighted by molar-refractivity contribution is 7.16. The van der Waals surface area contributed by atoms with Crippen LogP contribution in [0.3, 0.4) is 0 Å². The van der Waals surface area contributed by atoms with E-state index in [4.69, 9.17) is 16.3 Å². The Hall–Kier alpha value is -1.19. The summed E-state index contributed by atoms with van der Waals surface area (Å²) in [5.41, 5.74) is 2.42. The number of fused-ring (bicyclic) bond motifs is 1. The second-order valence-corrected chi connectivity index (χ2v) is 7.45. The maximum atomic E-state index is 6.19. The molecule has 1 aliphatic carbocycles. The summed E-state index contributed by atoms with van der Waals surface area (Å²) in [5, 5.41) is 3.65. The minimum Gasteiger partial charge on any atom is -0.489 e. The van der Waals surface area contributed by atoms with E-state index < -0.39 is 0 Å². The van der Waals surface area contributed by atoms with Gasteiger partial charge in [-0.1, -0.05) is 23.7 Å². The molecule has 0 aliphatic heterocycles. The predicted molar refractivity (Wildman–Crippen MR) is 90.8 cm³/mol. The fourth-order valence-electron chi connectivity index (χ4n) is 2.80. The lowest BCUT2D eigenvalue weighted by atomic mass is 9.94.